The van der Waals surface area contributed by atoms with Crippen molar-refractivity contribution in [3.63, 3.8) is 0 Å². The van der Waals surface area contributed by atoms with Gasteiger partial charge in [0.25, 0.3) is 5.91 Å². The van der Waals surface area contributed by atoms with Crippen LogP contribution in [0.1, 0.15) is 17.4 Å². The molecular formula is C14H12N4O2S2. The minimum atomic E-state index is -0.257. The van der Waals surface area contributed by atoms with Gasteiger partial charge in [0, 0.05) is 19.4 Å². The smallest absolute Gasteiger partial charge is 0.279 e. The van der Waals surface area contributed by atoms with E-state index in [2.05, 4.69) is 15.3 Å². The van der Waals surface area contributed by atoms with Gasteiger partial charge in [0.1, 0.15) is 5.69 Å². The highest BCUT2D eigenvalue weighted by atomic mass is 32.1. The van der Waals surface area contributed by atoms with E-state index in [1.54, 1.807) is 12.4 Å². The van der Waals surface area contributed by atoms with Crippen LogP contribution in [0.15, 0.2) is 29.6 Å². The van der Waals surface area contributed by atoms with Gasteiger partial charge < -0.3 is 5.32 Å². The Kier molecular flexibility index (Phi) is 3.86. The molecule has 0 radical (unpaired) electrons. The number of aromatic nitrogens is 2. The Morgan fingerprint density at radius 2 is 2.00 bits per heavy atom. The largest absolute Gasteiger partial charge is 0.302 e. The fourth-order valence-corrected chi connectivity index (χ4v) is 3.50. The number of nitrogens with one attached hydrogen (secondary N) is 1. The molecule has 0 spiro atoms. The molecule has 3 rings (SSSR count). The summed E-state index contributed by atoms with van der Waals surface area (Å²) in [6.07, 6.45) is 0. The fourth-order valence-electron chi connectivity index (χ4n) is 1.84. The molecule has 22 heavy (non-hydrogen) atoms. The SMILES string of the molecule is CC(=O)Nc1nc(C(=O)N(C)c2nc3ccccc3s2)cs1. The number of rotatable bonds is 3. The highest BCUT2D eigenvalue weighted by Gasteiger charge is 2.20. The lowest BCUT2D eigenvalue weighted by atomic mass is 10.3. The van der Waals surface area contributed by atoms with Gasteiger partial charge in [-0.2, -0.15) is 0 Å². The zero-order chi connectivity index (χ0) is 15.7. The maximum absolute atomic E-state index is 12.4. The van der Waals surface area contributed by atoms with Gasteiger partial charge in [-0.3, -0.25) is 14.5 Å². The van der Waals surface area contributed by atoms with Gasteiger partial charge in [0.05, 0.1) is 10.2 Å². The van der Waals surface area contributed by atoms with Gasteiger partial charge in [0.15, 0.2) is 10.3 Å². The van der Waals surface area contributed by atoms with Crippen LogP contribution in [0.5, 0.6) is 0 Å². The third-order valence-corrected chi connectivity index (χ3v) is 4.75. The van der Waals surface area contributed by atoms with E-state index >= 15 is 0 Å². The molecule has 2 heterocycles. The van der Waals surface area contributed by atoms with Crippen LogP contribution in [-0.2, 0) is 4.79 Å². The Balaban J connectivity index is 1.84. The number of anilines is 2. The van der Waals surface area contributed by atoms with Crippen molar-refractivity contribution in [1.29, 1.82) is 0 Å². The van der Waals surface area contributed by atoms with E-state index in [4.69, 9.17) is 0 Å². The quantitative estimate of drug-likeness (QED) is 0.800. The highest BCUT2D eigenvalue weighted by Crippen LogP contribution is 2.29. The predicted molar refractivity (Wildman–Crippen MR) is 88.8 cm³/mol. The molecule has 0 bridgehead atoms. The first-order valence-corrected chi connectivity index (χ1v) is 8.11. The van der Waals surface area contributed by atoms with Crippen LogP contribution in [0.2, 0.25) is 0 Å². The second kappa shape index (κ2) is 5.82. The van der Waals surface area contributed by atoms with Gasteiger partial charge in [0.2, 0.25) is 5.91 Å². The molecule has 1 N–H and O–H groups in total. The Labute approximate surface area is 134 Å². The van der Waals surface area contributed by atoms with Crippen molar-refractivity contribution in [2.24, 2.45) is 0 Å². The van der Waals surface area contributed by atoms with Gasteiger partial charge >= 0.3 is 0 Å². The lowest BCUT2D eigenvalue weighted by Gasteiger charge is -2.11. The third-order valence-electron chi connectivity index (χ3n) is 2.88. The molecule has 0 saturated heterocycles. The van der Waals surface area contributed by atoms with Crippen LogP contribution in [-0.4, -0.2) is 28.8 Å². The van der Waals surface area contributed by atoms with Crippen LogP contribution in [0.4, 0.5) is 10.3 Å². The number of benzene rings is 1. The number of carbonyl (C=O) groups is 2. The van der Waals surface area contributed by atoms with Crippen molar-refractivity contribution < 1.29 is 9.59 Å². The Morgan fingerprint density at radius 1 is 1.23 bits per heavy atom. The molecule has 0 aliphatic heterocycles. The molecule has 6 nitrogen and oxygen atoms in total. The zero-order valence-electron chi connectivity index (χ0n) is 11.9. The van der Waals surface area contributed by atoms with Crippen LogP contribution in [0, 0.1) is 0 Å². The molecule has 0 aliphatic rings. The Morgan fingerprint density at radius 3 is 2.73 bits per heavy atom. The Bertz CT molecular complexity index is 822. The normalized spacial score (nSPS) is 10.6. The van der Waals surface area contributed by atoms with E-state index in [1.165, 1.54) is 34.5 Å². The summed E-state index contributed by atoms with van der Waals surface area (Å²) in [5.41, 5.74) is 1.15. The molecule has 3 aromatic rings. The number of nitrogens with zero attached hydrogens (tertiary/aromatic N) is 3. The summed E-state index contributed by atoms with van der Waals surface area (Å²) < 4.78 is 1.02. The van der Waals surface area contributed by atoms with Crippen molar-refractivity contribution >= 4 is 55.0 Å². The molecule has 2 aromatic heterocycles. The first kappa shape index (κ1) is 14.6. The van der Waals surface area contributed by atoms with E-state index in [1.807, 2.05) is 24.3 Å². The summed E-state index contributed by atoms with van der Waals surface area (Å²) in [5.74, 6) is -0.472. The highest BCUT2D eigenvalue weighted by molar-refractivity contribution is 7.22. The monoisotopic (exact) mass is 332 g/mol. The van der Waals surface area contributed by atoms with Gasteiger partial charge in [-0.05, 0) is 12.1 Å². The summed E-state index contributed by atoms with van der Waals surface area (Å²) in [7, 11) is 1.66. The molecule has 0 aliphatic carbocycles. The summed E-state index contributed by atoms with van der Waals surface area (Å²) in [6.45, 7) is 1.40. The van der Waals surface area contributed by atoms with Crippen LogP contribution >= 0.6 is 22.7 Å². The molecule has 8 heteroatoms. The maximum atomic E-state index is 12.4. The molecule has 1 aromatic carbocycles. The van der Waals surface area contributed by atoms with Gasteiger partial charge in [-0.15, -0.1) is 11.3 Å². The maximum Gasteiger partial charge on any atom is 0.279 e. The first-order chi connectivity index (χ1) is 10.5. The zero-order valence-corrected chi connectivity index (χ0v) is 13.5. The molecular weight excluding hydrogens is 320 g/mol. The minimum Gasteiger partial charge on any atom is -0.302 e. The molecule has 0 saturated carbocycles. The number of carbonyl (C=O) groups excluding carboxylic acids is 2. The second-order valence-corrected chi connectivity index (χ2v) is 6.41. The van der Waals surface area contributed by atoms with E-state index < -0.39 is 0 Å². The van der Waals surface area contributed by atoms with Crippen molar-refractivity contribution in [3.8, 4) is 0 Å². The lowest BCUT2D eigenvalue weighted by molar-refractivity contribution is -0.114. The van der Waals surface area contributed by atoms with Crippen molar-refractivity contribution in [2.75, 3.05) is 17.3 Å². The van der Waals surface area contributed by atoms with Crippen LogP contribution in [0.3, 0.4) is 0 Å². The van der Waals surface area contributed by atoms with Crippen molar-refractivity contribution in [3.05, 3.63) is 35.3 Å². The average molecular weight is 332 g/mol. The number of thiazole rings is 2. The standard InChI is InChI=1S/C14H12N4O2S2/c1-8(19)15-13-16-10(7-21-13)12(20)18(2)14-17-9-5-3-4-6-11(9)22-14/h3-7H,1-2H3,(H,15,16,19). The number of hydrogen-bond acceptors (Lipinski definition) is 6. The van der Waals surface area contributed by atoms with Crippen LogP contribution in [0.25, 0.3) is 10.2 Å². The van der Waals surface area contributed by atoms with E-state index in [0.717, 1.165) is 10.2 Å². The van der Waals surface area contributed by atoms with E-state index in [0.29, 0.717) is 10.3 Å². The summed E-state index contributed by atoms with van der Waals surface area (Å²) in [4.78, 5) is 33.5. The average Bonchev–Trinajstić information content (AvgIpc) is 3.11. The molecule has 2 amide bonds. The number of para-hydroxylation sites is 1. The minimum absolute atomic E-state index is 0.215. The topological polar surface area (TPSA) is 75.2 Å². The van der Waals surface area contributed by atoms with Crippen molar-refractivity contribution in [2.45, 2.75) is 6.92 Å². The van der Waals surface area contributed by atoms with E-state index in [-0.39, 0.29) is 17.5 Å². The summed E-state index contributed by atoms with van der Waals surface area (Å²) in [6, 6.07) is 7.72. The summed E-state index contributed by atoms with van der Waals surface area (Å²) >= 11 is 2.66. The molecule has 0 atom stereocenters. The molecule has 0 unspecified atom stereocenters. The second-order valence-electron chi connectivity index (χ2n) is 4.55. The Hall–Kier alpha value is -2.32. The number of fused-ring (bicyclic) bond motifs is 1. The van der Waals surface area contributed by atoms with Gasteiger partial charge in [-0.25, -0.2) is 9.97 Å². The molecule has 0 fully saturated rings. The van der Waals surface area contributed by atoms with Crippen molar-refractivity contribution in [1.82, 2.24) is 9.97 Å². The first-order valence-electron chi connectivity index (χ1n) is 6.41. The number of amides is 2. The van der Waals surface area contributed by atoms with Crippen LogP contribution < -0.4 is 10.2 Å². The molecule has 112 valence electrons. The van der Waals surface area contributed by atoms with Gasteiger partial charge in [-0.1, -0.05) is 23.5 Å². The lowest BCUT2D eigenvalue weighted by Crippen LogP contribution is -2.26. The van der Waals surface area contributed by atoms with E-state index in [9.17, 15) is 9.59 Å². The number of hydrogen-bond donors (Lipinski definition) is 1. The predicted octanol–water partition coefficient (Wildman–Crippen LogP) is 2.99. The fraction of sp³-hybridized carbons (Fsp3) is 0.143. The third kappa shape index (κ3) is 2.83. The summed E-state index contributed by atoms with van der Waals surface area (Å²) in [5, 5.41) is 5.21.